The molecule has 1 aromatic carbocycles. The summed E-state index contributed by atoms with van der Waals surface area (Å²) in [6.45, 7) is 4.71. The lowest BCUT2D eigenvalue weighted by Gasteiger charge is -2.34. The lowest BCUT2D eigenvalue weighted by molar-refractivity contribution is -0.119. The lowest BCUT2D eigenvalue weighted by atomic mass is 9.81. The first kappa shape index (κ1) is 19.3. The zero-order valence-electron chi connectivity index (χ0n) is 13.3. The first-order valence-corrected chi connectivity index (χ1v) is 7.49. The van der Waals surface area contributed by atoms with Crippen molar-refractivity contribution in [1.29, 1.82) is 0 Å². The zero-order chi connectivity index (χ0) is 16.0. The van der Waals surface area contributed by atoms with Gasteiger partial charge in [-0.2, -0.15) is 0 Å². The predicted octanol–water partition coefficient (Wildman–Crippen LogP) is 1.09. The topological polar surface area (TPSA) is 93.4 Å². The summed E-state index contributed by atoms with van der Waals surface area (Å²) in [6, 6.07) is 6.67. The van der Waals surface area contributed by atoms with Crippen molar-refractivity contribution in [2.75, 3.05) is 26.2 Å². The molecule has 1 aromatic rings. The highest BCUT2D eigenvalue weighted by Gasteiger charge is 2.27. The van der Waals surface area contributed by atoms with E-state index in [2.05, 4.69) is 17.6 Å². The van der Waals surface area contributed by atoms with Crippen molar-refractivity contribution in [3.05, 3.63) is 29.8 Å². The van der Waals surface area contributed by atoms with Gasteiger partial charge in [0.15, 0.2) is 6.61 Å². The van der Waals surface area contributed by atoms with Crippen LogP contribution in [0, 0.1) is 5.41 Å². The second-order valence-electron chi connectivity index (χ2n) is 6.02. The third-order valence-electron chi connectivity index (χ3n) is 3.98. The van der Waals surface area contributed by atoms with Crippen LogP contribution in [-0.4, -0.2) is 38.1 Å². The minimum absolute atomic E-state index is 0. The number of primary amides is 1. The monoisotopic (exact) mass is 341 g/mol. The molecule has 0 saturated carbocycles. The van der Waals surface area contributed by atoms with Crippen LogP contribution < -0.4 is 21.1 Å². The molecule has 0 bridgehead atoms. The first-order valence-electron chi connectivity index (χ1n) is 7.49. The first-order chi connectivity index (χ1) is 10.5. The Kier molecular flexibility index (Phi) is 7.32. The smallest absolute Gasteiger partial charge is 0.255 e. The fourth-order valence-corrected chi connectivity index (χ4v) is 2.46. The van der Waals surface area contributed by atoms with Crippen molar-refractivity contribution < 1.29 is 14.3 Å². The van der Waals surface area contributed by atoms with Gasteiger partial charge in [0.2, 0.25) is 0 Å². The fourth-order valence-electron chi connectivity index (χ4n) is 2.46. The van der Waals surface area contributed by atoms with Gasteiger partial charge < -0.3 is 21.1 Å². The Morgan fingerprint density at radius 2 is 1.87 bits per heavy atom. The number of amides is 2. The third-order valence-corrected chi connectivity index (χ3v) is 3.98. The highest BCUT2D eigenvalue weighted by atomic mass is 35.5. The second-order valence-corrected chi connectivity index (χ2v) is 6.02. The summed E-state index contributed by atoms with van der Waals surface area (Å²) in [5.74, 6) is -0.112. The normalized spacial score (nSPS) is 16.0. The molecule has 1 aliphatic heterocycles. The minimum atomic E-state index is -0.531. The Morgan fingerprint density at radius 1 is 1.26 bits per heavy atom. The summed E-state index contributed by atoms with van der Waals surface area (Å²) in [6.07, 6.45) is 2.13. The van der Waals surface area contributed by atoms with E-state index in [1.165, 1.54) is 0 Å². The van der Waals surface area contributed by atoms with E-state index in [4.69, 9.17) is 10.5 Å². The number of benzene rings is 1. The molecule has 1 heterocycles. The van der Waals surface area contributed by atoms with E-state index in [0.717, 1.165) is 25.9 Å². The zero-order valence-corrected chi connectivity index (χ0v) is 14.1. The molecule has 2 amide bonds. The summed E-state index contributed by atoms with van der Waals surface area (Å²) in [4.78, 5) is 22.8. The van der Waals surface area contributed by atoms with E-state index in [-0.39, 0.29) is 30.3 Å². The molecule has 0 spiro atoms. The third kappa shape index (κ3) is 6.08. The van der Waals surface area contributed by atoms with Crippen molar-refractivity contribution in [3.63, 3.8) is 0 Å². The van der Waals surface area contributed by atoms with Crippen molar-refractivity contribution in [3.8, 4) is 5.75 Å². The molecule has 0 radical (unpaired) electrons. The van der Waals surface area contributed by atoms with Crippen molar-refractivity contribution in [2.24, 2.45) is 11.1 Å². The summed E-state index contributed by atoms with van der Waals surface area (Å²) in [5.41, 5.74) is 5.74. The molecule has 4 N–H and O–H groups in total. The van der Waals surface area contributed by atoms with Gasteiger partial charge in [0.1, 0.15) is 5.75 Å². The molecule has 0 aliphatic carbocycles. The van der Waals surface area contributed by atoms with Crippen LogP contribution in [-0.2, 0) is 4.79 Å². The van der Waals surface area contributed by atoms with Gasteiger partial charge in [-0.05, 0) is 55.6 Å². The maximum absolute atomic E-state index is 12.2. The Morgan fingerprint density at radius 3 is 2.43 bits per heavy atom. The van der Waals surface area contributed by atoms with Gasteiger partial charge in [-0.3, -0.25) is 9.59 Å². The Balaban J connectivity index is 0.00000264. The van der Waals surface area contributed by atoms with Crippen LogP contribution in [0.25, 0.3) is 0 Å². The molecule has 7 heteroatoms. The minimum Gasteiger partial charge on any atom is -0.484 e. The number of carbonyl (C=O) groups is 2. The average Bonchev–Trinajstić information content (AvgIpc) is 2.52. The number of rotatable bonds is 6. The molecule has 1 aliphatic rings. The summed E-state index contributed by atoms with van der Waals surface area (Å²) >= 11 is 0. The van der Waals surface area contributed by atoms with Crippen molar-refractivity contribution in [2.45, 2.75) is 19.8 Å². The van der Waals surface area contributed by atoms with Crippen LogP contribution in [0.2, 0.25) is 0 Å². The van der Waals surface area contributed by atoms with Gasteiger partial charge in [-0.15, -0.1) is 12.4 Å². The Hall–Kier alpha value is -1.79. The van der Waals surface area contributed by atoms with Gasteiger partial charge in [-0.1, -0.05) is 6.92 Å². The molecule has 6 nitrogen and oxygen atoms in total. The SMILES string of the molecule is CC1(CNC(=O)c2ccc(OCC(N)=O)cc2)CCNCC1.Cl. The van der Waals surface area contributed by atoms with E-state index >= 15 is 0 Å². The number of nitrogens with two attached hydrogens (primary N) is 1. The summed E-state index contributed by atoms with van der Waals surface area (Å²) in [5, 5.41) is 6.32. The largest absolute Gasteiger partial charge is 0.484 e. The maximum Gasteiger partial charge on any atom is 0.255 e. The van der Waals surface area contributed by atoms with E-state index in [1.807, 2.05) is 0 Å². The fraction of sp³-hybridized carbons (Fsp3) is 0.500. The number of hydrogen-bond acceptors (Lipinski definition) is 4. The van der Waals surface area contributed by atoms with E-state index in [1.54, 1.807) is 24.3 Å². The van der Waals surface area contributed by atoms with Gasteiger partial charge in [0.25, 0.3) is 11.8 Å². The quantitative estimate of drug-likeness (QED) is 0.722. The van der Waals surface area contributed by atoms with Crippen LogP contribution in [0.3, 0.4) is 0 Å². The number of halogens is 1. The summed E-state index contributed by atoms with van der Waals surface area (Å²) in [7, 11) is 0. The molecular formula is C16H24ClN3O3. The van der Waals surface area contributed by atoms with E-state index < -0.39 is 5.91 Å². The summed E-state index contributed by atoms with van der Waals surface area (Å²) < 4.78 is 5.16. The van der Waals surface area contributed by atoms with Gasteiger partial charge in [0.05, 0.1) is 0 Å². The molecule has 0 aromatic heterocycles. The number of carbonyl (C=O) groups excluding carboxylic acids is 2. The van der Waals surface area contributed by atoms with Crippen LogP contribution in [0.1, 0.15) is 30.1 Å². The van der Waals surface area contributed by atoms with Gasteiger partial charge in [0, 0.05) is 12.1 Å². The number of ether oxygens (including phenoxy) is 1. The number of nitrogens with one attached hydrogen (secondary N) is 2. The van der Waals surface area contributed by atoms with Gasteiger partial charge in [-0.25, -0.2) is 0 Å². The van der Waals surface area contributed by atoms with E-state index in [0.29, 0.717) is 17.9 Å². The number of hydrogen-bond donors (Lipinski definition) is 3. The Labute approximate surface area is 142 Å². The van der Waals surface area contributed by atoms with Crippen LogP contribution in [0.15, 0.2) is 24.3 Å². The van der Waals surface area contributed by atoms with Crippen molar-refractivity contribution >= 4 is 24.2 Å². The lowest BCUT2D eigenvalue weighted by Crippen LogP contribution is -2.42. The van der Waals surface area contributed by atoms with Crippen LogP contribution >= 0.6 is 12.4 Å². The highest BCUT2D eigenvalue weighted by molar-refractivity contribution is 5.94. The molecule has 0 atom stereocenters. The number of piperidine rings is 1. The van der Waals surface area contributed by atoms with Crippen molar-refractivity contribution in [1.82, 2.24) is 10.6 Å². The van der Waals surface area contributed by atoms with Crippen LogP contribution in [0.5, 0.6) is 5.75 Å². The molecule has 2 rings (SSSR count). The molecule has 0 unspecified atom stereocenters. The molecule has 128 valence electrons. The highest BCUT2D eigenvalue weighted by Crippen LogP contribution is 2.26. The molecular weight excluding hydrogens is 318 g/mol. The maximum atomic E-state index is 12.2. The predicted molar refractivity (Wildman–Crippen MR) is 90.9 cm³/mol. The van der Waals surface area contributed by atoms with Gasteiger partial charge >= 0.3 is 0 Å². The van der Waals surface area contributed by atoms with E-state index in [9.17, 15) is 9.59 Å². The van der Waals surface area contributed by atoms with Crippen LogP contribution in [0.4, 0.5) is 0 Å². The second kappa shape index (κ2) is 8.74. The molecule has 23 heavy (non-hydrogen) atoms. The molecule has 1 fully saturated rings. The Bertz CT molecular complexity index is 528. The molecule has 1 saturated heterocycles. The average molecular weight is 342 g/mol. The standard InChI is InChI=1S/C16H23N3O3.ClH/c1-16(6-8-18-9-7-16)11-19-15(21)12-2-4-13(5-3-12)22-10-14(17)20;/h2-5,18H,6-11H2,1H3,(H2,17,20)(H,19,21);1H.